The molecule has 0 spiro atoms. The summed E-state index contributed by atoms with van der Waals surface area (Å²) in [6.45, 7) is 5.22. The van der Waals surface area contributed by atoms with Gasteiger partial charge in [0.2, 0.25) is 0 Å². The third-order valence-corrected chi connectivity index (χ3v) is 4.45. The number of rotatable bonds is 7. The van der Waals surface area contributed by atoms with Crippen LogP contribution in [0.2, 0.25) is 0 Å². The van der Waals surface area contributed by atoms with Crippen molar-refractivity contribution in [2.75, 3.05) is 13.1 Å². The van der Waals surface area contributed by atoms with Gasteiger partial charge in [-0.15, -0.1) is 0 Å². The van der Waals surface area contributed by atoms with Crippen LogP contribution in [0.3, 0.4) is 0 Å². The van der Waals surface area contributed by atoms with Crippen LogP contribution in [0.1, 0.15) is 43.7 Å². The topological polar surface area (TPSA) is 38.0 Å². The van der Waals surface area contributed by atoms with E-state index in [1.807, 2.05) is 0 Å². The van der Waals surface area contributed by atoms with E-state index >= 15 is 0 Å². The molecule has 0 saturated heterocycles. The third kappa shape index (κ3) is 3.33. The Bertz CT molecular complexity index is 346. The lowest BCUT2D eigenvalue weighted by Crippen LogP contribution is -2.39. The largest absolute Gasteiger partial charge is 0.330 e. The van der Waals surface area contributed by atoms with E-state index in [1.165, 1.54) is 43.4 Å². The summed E-state index contributed by atoms with van der Waals surface area (Å²) < 4.78 is 0. The summed E-state index contributed by atoms with van der Waals surface area (Å²) in [7, 11) is 0. The van der Waals surface area contributed by atoms with E-state index in [0.29, 0.717) is 5.41 Å². The quantitative estimate of drug-likeness (QED) is 0.776. The van der Waals surface area contributed by atoms with Gasteiger partial charge in [-0.3, -0.25) is 0 Å². The van der Waals surface area contributed by atoms with Crippen LogP contribution >= 0.6 is 0 Å². The molecule has 1 fully saturated rings. The first-order chi connectivity index (χ1) is 8.78. The van der Waals surface area contributed by atoms with Crippen molar-refractivity contribution in [1.29, 1.82) is 0 Å². The van der Waals surface area contributed by atoms with Crippen LogP contribution in [-0.4, -0.2) is 13.1 Å². The zero-order valence-corrected chi connectivity index (χ0v) is 11.5. The molecule has 0 aliphatic heterocycles. The van der Waals surface area contributed by atoms with Crippen molar-refractivity contribution in [2.24, 2.45) is 11.1 Å². The molecule has 1 aliphatic rings. The summed E-state index contributed by atoms with van der Waals surface area (Å²) in [5.41, 5.74) is 8.88. The molecule has 1 aliphatic carbocycles. The van der Waals surface area contributed by atoms with Gasteiger partial charge in [0.25, 0.3) is 0 Å². The number of hydrogen-bond acceptors (Lipinski definition) is 2. The van der Waals surface area contributed by atoms with E-state index < -0.39 is 0 Å². The van der Waals surface area contributed by atoms with Gasteiger partial charge < -0.3 is 11.1 Å². The molecule has 0 atom stereocenters. The van der Waals surface area contributed by atoms with Crippen molar-refractivity contribution in [3.05, 3.63) is 35.4 Å². The SMILES string of the molecule is CCC1(CNCc2ccc(CCN)cc2)CCC1. The van der Waals surface area contributed by atoms with Crippen LogP contribution in [0.5, 0.6) is 0 Å². The van der Waals surface area contributed by atoms with Crippen LogP contribution in [-0.2, 0) is 13.0 Å². The van der Waals surface area contributed by atoms with Gasteiger partial charge in [-0.25, -0.2) is 0 Å². The molecule has 0 bridgehead atoms. The Morgan fingerprint density at radius 2 is 1.83 bits per heavy atom. The molecule has 3 N–H and O–H groups in total. The maximum atomic E-state index is 5.55. The summed E-state index contributed by atoms with van der Waals surface area (Å²) in [5, 5.41) is 3.62. The summed E-state index contributed by atoms with van der Waals surface area (Å²) >= 11 is 0. The molecule has 1 saturated carbocycles. The fourth-order valence-electron chi connectivity index (χ4n) is 2.79. The standard InChI is InChI=1S/C16H26N2/c1-2-16(9-3-10-16)13-18-12-15-6-4-14(5-7-15)8-11-17/h4-7,18H,2-3,8-13,17H2,1H3. The molecular weight excluding hydrogens is 220 g/mol. The van der Waals surface area contributed by atoms with Crippen molar-refractivity contribution in [1.82, 2.24) is 5.32 Å². The molecule has 0 radical (unpaired) electrons. The van der Waals surface area contributed by atoms with Crippen LogP contribution in [0, 0.1) is 5.41 Å². The second kappa shape index (κ2) is 6.35. The maximum Gasteiger partial charge on any atom is 0.0205 e. The highest BCUT2D eigenvalue weighted by atomic mass is 14.9. The smallest absolute Gasteiger partial charge is 0.0205 e. The minimum atomic E-state index is 0.611. The Labute approximate surface area is 111 Å². The van der Waals surface area contributed by atoms with Crippen LogP contribution < -0.4 is 11.1 Å². The van der Waals surface area contributed by atoms with Crippen molar-refractivity contribution in [3.63, 3.8) is 0 Å². The normalized spacial score (nSPS) is 17.4. The Kier molecular flexibility index (Phi) is 4.79. The van der Waals surface area contributed by atoms with Gasteiger partial charge in [0.05, 0.1) is 0 Å². The highest BCUT2D eigenvalue weighted by molar-refractivity contribution is 5.22. The lowest BCUT2D eigenvalue weighted by molar-refractivity contribution is 0.124. The average molecular weight is 246 g/mol. The lowest BCUT2D eigenvalue weighted by atomic mass is 9.67. The maximum absolute atomic E-state index is 5.55. The summed E-state index contributed by atoms with van der Waals surface area (Å²) in [6, 6.07) is 8.83. The number of benzene rings is 1. The molecule has 2 rings (SSSR count). The molecule has 1 aromatic carbocycles. The van der Waals surface area contributed by atoms with Gasteiger partial charge in [-0.05, 0) is 48.8 Å². The van der Waals surface area contributed by atoms with Crippen molar-refractivity contribution in [2.45, 2.75) is 45.6 Å². The van der Waals surface area contributed by atoms with E-state index in [-0.39, 0.29) is 0 Å². The van der Waals surface area contributed by atoms with E-state index in [2.05, 4.69) is 36.5 Å². The minimum Gasteiger partial charge on any atom is -0.330 e. The minimum absolute atomic E-state index is 0.611. The molecule has 0 aromatic heterocycles. The van der Waals surface area contributed by atoms with Gasteiger partial charge >= 0.3 is 0 Å². The number of nitrogens with one attached hydrogen (secondary N) is 1. The highest BCUT2D eigenvalue weighted by Crippen LogP contribution is 2.43. The number of hydrogen-bond donors (Lipinski definition) is 2. The zero-order valence-electron chi connectivity index (χ0n) is 11.5. The molecule has 0 heterocycles. The van der Waals surface area contributed by atoms with E-state index in [4.69, 9.17) is 5.73 Å². The Morgan fingerprint density at radius 3 is 2.33 bits per heavy atom. The molecule has 2 heteroatoms. The van der Waals surface area contributed by atoms with Crippen molar-refractivity contribution >= 4 is 0 Å². The zero-order chi connectivity index (χ0) is 12.8. The Morgan fingerprint density at radius 1 is 1.17 bits per heavy atom. The predicted octanol–water partition coefficient (Wildman–Crippen LogP) is 2.86. The van der Waals surface area contributed by atoms with Gasteiger partial charge in [-0.2, -0.15) is 0 Å². The molecule has 100 valence electrons. The second-order valence-corrected chi connectivity index (χ2v) is 5.67. The van der Waals surface area contributed by atoms with Gasteiger partial charge in [0.15, 0.2) is 0 Å². The second-order valence-electron chi connectivity index (χ2n) is 5.67. The number of nitrogens with two attached hydrogens (primary N) is 1. The third-order valence-electron chi connectivity index (χ3n) is 4.45. The fraction of sp³-hybridized carbons (Fsp3) is 0.625. The first-order valence-electron chi connectivity index (χ1n) is 7.27. The lowest BCUT2D eigenvalue weighted by Gasteiger charge is -2.41. The van der Waals surface area contributed by atoms with E-state index in [0.717, 1.165) is 19.5 Å². The van der Waals surface area contributed by atoms with Crippen LogP contribution in [0.25, 0.3) is 0 Å². The molecule has 1 aromatic rings. The molecule has 0 amide bonds. The Hall–Kier alpha value is -0.860. The van der Waals surface area contributed by atoms with Crippen LogP contribution in [0.15, 0.2) is 24.3 Å². The van der Waals surface area contributed by atoms with Crippen molar-refractivity contribution < 1.29 is 0 Å². The van der Waals surface area contributed by atoms with Gasteiger partial charge in [0.1, 0.15) is 0 Å². The van der Waals surface area contributed by atoms with Crippen LogP contribution in [0.4, 0.5) is 0 Å². The molecular formula is C16H26N2. The highest BCUT2D eigenvalue weighted by Gasteiger charge is 2.34. The monoisotopic (exact) mass is 246 g/mol. The first kappa shape index (κ1) is 13.6. The average Bonchev–Trinajstić information content (AvgIpc) is 2.35. The molecule has 18 heavy (non-hydrogen) atoms. The first-order valence-corrected chi connectivity index (χ1v) is 7.27. The molecule has 2 nitrogen and oxygen atoms in total. The van der Waals surface area contributed by atoms with E-state index in [1.54, 1.807) is 0 Å². The van der Waals surface area contributed by atoms with E-state index in [9.17, 15) is 0 Å². The van der Waals surface area contributed by atoms with Gasteiger partial charge in [-0.1, -0.05) is 37.6 Å². The molecule has 0 unspecified atom stereocenters. The predicted molar refractivity (Wildman–Crippen MR) is 77.5 cm³/mol. The summed E-state index contributed by atoms with van der Waals surface area (Å²) in [6.07, 6.45) is 6.53. The van der Waals surface area contributed by atoms with Crippen molar-refractivity contribution in [3.8, 4) is 0 Å². The summed E-state index contributed by atoms with van der Waals surface area (Å²) in [5.74, 6) is 0. The Balaban J connectivity index is 1.76. The fourth-order valence-corrected chi connectivity index (χ4v) is 2.79. The van der Waals surface area contributed by atoms with Gasteiger partial charge in [0, 0.05) is 13.1 Å². The summed E-state index contributed by atoms with van der Waals surface area (Å²) in [4.78, 5) is 0.